The van der Waals surface area contributed by atoms with Gasteiger partial charge in [-0.2, -0.15) is 0 Å². The summed E-state index contributed by atoms with van der Waals surface area (Å²) in [4.78, 5) is 14.2. The summed E-state index contributed by atoms with van der Waals surface area (Å²) in [6.07, 6.45) is 1.59. The van der Waals surface area contributed by atoms with Crippen LogP contribution in [0.5, 0.6) is 5.75 Å². The molecule has 0 aliphatic carbocycles. The number of aromatic nitrogens is 2. The van der Waals surface area contributed by atoms with Gasteiger partial charge in [-0.1, -0.05) is 23.7 Å². The van der Waals surface area contributed by atoms with Crippen molar-refractivity contribution in [2.75, 3.05) is 63.8 Å². The van der Waals surface area contributed by atoms with E-state index in [0.717, 1.165) is 50.7 Å². The number of hydrogen-bond donors (Lipinski definition) is 1. The Labute approximate surface area is 210 Å². The Morgan fingerprint density at radius 3 is 2.57 bits per heavy atom. The van der Waals surface area contributed by atoms with Crippen LogP contribution in [-0.2, 0) is 17.6 Å². The molecule has 1 aliphatic heterocycles. The lowest BCUT2D eigenvalue weighted by atomic mass is 10.1. The normalized spacial score (nSPS) is 14.2. The second kappa shape index (κ2) is 12.2. The molecule has 0 unspecified atom stereocenters. The van der Waals surface area contributed by atoms with Crippen molar-refractivity contribution in [1.82, 2.24) is 14.9 Å². The second-order valence-electron chi connectivity index (χ2n) is 8.45. The monoisotopic (exact) mass is 499 g/mol. The molecule has 0 atom stereocenters. The molecule has 0 radical (unpaired) electrons. The molecule has 4 rings (SSSR count). The van der Waals surface area contributed by atoms with Gasteiger partial charge in [0.1, 0.15) is 29.0 Å². The fourth-order valence-corrected chi connectivity index (χ4v) is 4.23. The van der Waals surface area contributed by atoms with Gasteiger partial charge in [-0.05, 0) is 42.3 Å². The largest absolute Gasteiger partial charge is 0.497 e. The molecule has 2 aromatic carbocycles. The Morgan fingerprint density at radius 2 is 1.83 bits per heavy atom. The van der Waals surface area contributed by atoms with Crippen molar-refractivity contribution in [2.45, 2.75) is 12.8 Å². The molecule has 35 heavy (non-hydrogen) atoms. The minimum Gasteiger partial charge on any atom is -0.497 e. The fraction of sp³-hybridized carbons (Fsp3) is 0.385. The molecule has 1 aliphatic rings. The predicted molar refractivity (Wildman–Crippen MR) is 138 cm³/mol. The van der Waals surface area contributed by atoms with Gasteiger partial charge in [0.2, 0.25) is 0 Å². The van der Waals surface area contributed by atoms with Crippen LogP contribution in [0.4, 0.5) is 21.7 Å². The van der Waals surface area contributed by atoms with Gasteiger partial charge >= 0.3 is 0 Å². The highest BCUT2D eigenvalue weighted by Crippen LogP contribution is 2.25. The summed E-state index contributed by atoms with van der Waals surface area (Å²) < 4.78 is 24.1. The van der Waals surface area contributed by atoms with Gasteiger partial charge in [0.15, 0.2) is 0 Å². The first kappa shape index (κ1) is 25.2. The van der Waals surface area contributed by atoms with Crippen molar-refractivity contribution in [3.8, 4) is 5.75 Å². The Kier molecular flexibility index (Phi) is 8.74. The Hall–Kier alpha value is -2.94. The number of rotatable bonds is 10. The first-order chi connectivity index (χ1) is 17.0. The van der Waals surface area contributed by atoms with E-state index in [1.165, 1.54) is 11.6 Å². The number of ether oxygens (including phenoxy) is 2. The molecule has 0 spiro atoms. The smallest absolute Gasteiger partial charge is 0.141 e. The summed E-state index contributed by atoms with van der Waals surface area (Å²) in [6.45, 7) is 5.20. The van der Waals surface area contributed by atoms with Crippen LogP contribution >= 0.6 is 11.6 Å². The van der Waals surface area contributed by atoms with Crippen LogP contribution in [0, 0.1) is 5.82 Å². The summed E-state index contributed by atoms with van der Waals surface area (Å²) in [5, 5.41) is 3.30. The topological polar surface area (TPSA) is 62.8 Å². The van der Waals surface area contributed by atoms with Crippen molar-refractivity contribution in [3.05, 3.63) is 70.8 Å². The van der Waals surface area contributed by atoms with Crippen LogP contribution in [0.1, 0.15) is 11.4 Å². The summed E-state index contributed by atoms with van der Waals surface area (Å²) >= 11 is 5.94. The third-order valence-electron chi connectivity index (χ3n) is 6.03. The van der Waals surface area contributed by atoms with E-state index >= 15 is 0 Å². The van der Waals surface area contributed by atoms with Crippen LogP contribution in [0.3, 0.4) is 0 Å². The maximum atomic E-state index is 13.5. The minimum absolute atomic E-state index is 0.0638. The van der Waals surface area contributed by atoms with Crippen LogP contribution < -0.4 is 15.0 Å². The third-order valence-corrected chi connectivity index (χ3v) is 6.32. The average molecular weight is 500 g/mol. The third kappa shape index (κ3) is 7.04. The van der Waals surface area contributed by atoms with E-state index in [-0.39, 0.29) is 5.02 Å². The highest BCUT2D eigenvalue weighted by atomic mass is 35.5. The standard InChI is InChI=1S/C26H31ClFN5O2/c1-34-15-9-24-30-25(29-20-6-7-23(28)22(27)17-20)18-26(31-24)33-13-11-32(12-14-33)10-8-19-4-3-5-21(16-19)35-2/h3-7,16-18H,8-15H2,1-2H3,(H,29,30,31). The summed E-state index contributed by atoms with van der Waals surface area (Å²) in [7, 11) is 3.36. The molecule has 7 nitrogen and oxygen atoms in total. The highest BCUT2D eigenvalue weighted by molar-refractivity contribution is 6.31. The van der Waals surface area contributed by atoms with E-state index in [4.69, 9.17) is 26.1 Å². The Morgan fingerprint density at radius 1 is 1.00 bits per heavy atom. The molecule has 2 heterocycles. The zero-order valence-electron chi connectivity index (χ0n) is 20.1. The van der Waals surface area contributed by atoms with E-state index in [0.29, 0.717) is 30.4 Å². The van der Waals surface area contributed by atoms with Gasteiger partial charge < -0.3 is 19.7 Å². The summed E-state index contributed by atoms with van der Waals surface area (Å²) in [6, 6.07) is 14.7. The number of nitrogens with zero attached hydrogens (tertiary/aromatic N) is 4. The first-order valence-corrected chi connectivity index (χ1v) is 12.1. The lowest BCUT2D eigenvalue weighted by molar-refractivity contribution is 0.200. The molecular weight excluding hydrogens is 469 g/mol. The SMILES string of the molecule is COCCc1nc(Nc2ccc(F)c(Cl)c2)cc(N2CCN(CCc3cccc(OC)c3)CC2)n1. The molecular formula is C26H31ClFN5O2. The molecule has 1 aromatic heterocycles. The van der Waals surface area contributed by atoms with Gasteiger partial charge in [0, 0.05) is 58.0 Å². The number of anilines is 3. The van der Waals surface area contributed by atoms with Gasteiger partial charge in [-0.3, -0.25) is 4.90 Å². The number of halogens is 2. The van der Waals surface area contributed by atoms with Crippen LogP contribution in [0.15, 0.2) is 48.5 Å². The van der Waals surface area contributed by atoms with E-state index < -0.39 is 5.82 Å². The minimum atomic E-state index is -0.453. The molecule has 0 amide bonds. The van der Waals surface area contributed by atoms with E-state index in [1.807, 2.05) is 18.2 Å². The molecule has 3 aromatic rings. The maximum Gasteiger partial charge on any atom is 0.141 e. The zero-order valence-corrected chi connectivity index (χ0v) is 20.9. The zero-order chi connectivity index (χ0) is 24.6. The van der Waals surface area contributed by atoms with Gasteiger partial charge in [0.25, 0.3) is 0 Å². The average Bonchev–Trinajstić information content (AvgIpc) is 2.88. The van der Waals surface area contributed by atoms with E-state index in [2.05, 4.69) is 32.2 Å². The van der Waals surface area contributed by atoms with Crippen molar-refractivity contribution in [1.29, 1.82) is 0 Å². The van der Waals surface area contributed by atoms with Crippen LogP contribution in [-0.4, -0.2) is 68.4 Å². The lowest BCUT2D eigenvalue weighted by Crippen LogP contribution is -2.47. The van der Waals surface area contributed by atoms with Crippen molar-refractivity contribution >= 4 is 28.9 Å². The van der Waals surface area contributed by atoms with Crippen molar-refractivity contribution in [3.63, 3.8) is 0 Å². The predicted octanol–water partition coefficient (Wildman–Crippen LogP) is 4.57. The molecule has 9 heteroatoms. The summed E-state index contributed by atoms with van der Waals surface area (Å²) in [5.74, 6) is 2.65. The molecule has 0 bridgehead atoms. The molecule has 1 N–H and O–H groups in total. The van der Waals surface area contributed by atoms with Gasteiger partial charge in [-0.15, -0.1) is 0 Å². The fourth-order valence-electron chi connectivity index (χ4n) is 4.05. The first-order valence-electron chi connectivity index (χ1n) is 11.7. The molecule has 1 saturated heterocycles. The number of benzene rings is 2. The van der Waals surface area contributed by atoms with Gasteiger partial charge in [-0.25, -0.2) is 14.4 Å². The van der Waals surface area contributed by atoms with E-state index in [9.17, 15) is 4.39 Å². The number of methoxy groups -OCH3 is 2. The summed E-state index contributed by atoms with van der Waals surface area (Å²) in [5.41, 5.74) is 1.95. The Bertz CT molecular complexity index is 1120. The van der Waals surface area contributed by atoms with Crippen molar-refractivity contribution in [2.24, 2.45) is 0 Å². The second-order valence-corrected chi connectivity index (χ2v) is 8.86. The lowest BCUT2D eigenvalue weighted by Gasteiger charge is -2.35. The Balaban J connectivity index is 1.40. The molecule has 1 fully saturated rings. The number of nitrogens with one attached hydrogen (secondary N) is 1. The van der Waals surface area contributed by atoms with Crippen LogP contribution in [0.25, 0.3) is 0 Å². The number of hydrogen-bond acceptors (Lipinski definition) is 7. The van der Waals surface area contributed by atoms with Crippen molar-refractivity contribution < 1.29 is 13.9 Å². The molecule has 0 saturated carbocycles. The maximum absolute atomic E-state index is 13.5. The van der Waals surface area contributed by atoms with E-state index in [1.54, 1.807) is 26.4 Å². The quantitative estimate of drug-likeness (QED) is 0.438. The van der Waals surface area contributed by atoms with Crippen LogP contribution in [0.2, 0.25) is 5.02 Å². The van der Waals surface area contributed by atoms with Gasteiger partial charge in [0.05, 0.1) is 18.7 Å². The number of piperazine rings is 1. The highest BCUT2D eigenvalue weighted by Gasteiger charge is 2.19. The molecule has 186 valence electrons.